The molecule has 0 radical (unpaired) electrons. The molecule has 0 heterocycles. The lowest BCUT2D eigenvalue weighted by molar-refractivity contribution is -0.124. The van der Waals surface area contributed by atoms with E-state index in [2.05, 4.69) is 5.43 Å². The maximum absolute atomic E-state index is 11.1. The predicted molar refractivity (Wildman–Crippen MR) is 62.0 cm³/mol. The van der Waals surface area contributed by atoms with Crippen LogP contribution in [0.1, 0.15) is 27.2 Å². The van der Waals surface area contributed by atoms with Gasteiger partial charge < -0.3 is 5.73 Å². The number of amides is 2. The lowest BCUT2D eigenvalue weighted by atomic mass is 10.1. The molecular weight excluding hydrogens is 208 g/mol. The van der Waals surface area contributed by atoms with Crippen molar-refractivity contribution in [2.45, 2.75) is 33.2 Å². The minimum atomic E-state index is -0.388. The summed E-state index contributed by atoms with van der Waals surface area (Å²) >= 11 is 0. The fraction of sp³-hybridized carbons (Fsp3) is 0.800. The maximum atomic E-state index is 11.1. The zero-order chi connectivity index (χ0) is 12.7. The molecule has 0 saturated carbocycles. The van der Waals surface area contributed by atoms with Crippen molar-refractivity contribution in [3.05, 3.63) is 0 Å². The number of nitrogens with two attached hydrogens (primary N) is 2. The van der Waals surface area contributed by atoms with E-state index in [0.717, 1.165) is 6.54 Å². The van der Waals surface area contributed by atoms with Gasteiger partial charge in [-0.15, -0.1) is 0 Å². The number of carbonyl (C=O) groups excluding carboxylic acids is 2. The summed E-state index contributed by atoms with van der Waals surface area (Å²) in [4.78, 5) is 23.9. The lowest BCUT2D eigenvalue weighted by Gasteiger charge is -2.28. The van der Waals surface area contributed by atoms with Gasteiger partial charge in [0, 0.05) is 19.0 Å². The molecule has 16 heavy (non-hydrogen) atoms. The van der Waals surface area contributed by atoms with Gasteiger partial charge in [0.15, 0.2) is 0 Å². The molecule has 0 aliphatic carbocycles. The summed E-state index contributed by atoms with van der Waals surface area (Å²) in [6.45, 7) is 6.85. The Bertz CT molecular complexity index is 243. The van der Waals surface area contributed by atoms with Crippen LogP contribution in [0, 0.1) is 5.92 Å². The zero-order valence-electron chi connectivity index (χ0n) is 10.2. The summed E-state index contributed by atoms with van der Waals surface area (Å²) in [5.41, 5.74) is 7.24. The van der Waals surface area contributed by atoms with E-state index >= 15 is 0 Å². The maximum Gasteiger partial charge on any atom is 0.235 e. The van der Waals surface area contributed by atoms with E-state index in [-0.39, 0.29) is 30.8 Å². The number of hydrogen-bond acceptors (Lipinski definition) is 4. The number of nitrogens with one attached hydrogen (secondary N) is 1. The Labute approximate surface area is 96.3 Å². The molecule has 0 saturated heterocycles. The molecule has 0 bridgehead atoms. The van der Waals surface area contributed by atoms with Crippen LogP contribution >= 0.6 is 0 Å². The van der Waals surface area contributed by atoms with E-state index in [1.165, 1.54) is 0 Å². The molecule has 0 aromatic carbocycles. The van der Waals surface area contributed by atoms with Gasteiger partial charge in [-0.05, 0) is 12.8 Å². The minimum absolute atomic E-state index is 0.0570. The number of primary amides is 1. The van der Waals surface area contributed by atoms with Gasteiger partial charge in [0.25, 0.3) is 0 Å². The average molecular weight is 230 g/mol. The van der Waals surface area contributed by atoms with Gasteiger partial charge in [0.05, 0.1) is 6.54 Å². The van der Waals surface area contributed by atoms with Crippen LogP contribution in [-0.2, 0) is 9.59 Å². The fourth-order valence-electron chi connectivity index (χ4n) is 1.53. The first-order chi connectivity index (χ1) is 7.36. The summed E-state index contributed by atoms with van der Waals surface area (Å²) in [5.74, 6) is 4.79. The number of hydrogen-bond donors (Lipinski definition) is 3. The summed E-state index contributed by atoms with van der Waals surface area (Å²) in [6.07, 6.45) is 0.260. The van der Waals surface area contributed by atoms with Crippen LogP contribution in [0.3, 0.4) is 0 Å². The summed E-state index contributed by atoms with van der Waals surface area (Å²) in [5, 5.41) is 0. The molecule has 6 heteroatoms. The van der Waals surface area contributed by atoms with Gasteiger partial charge in [-0.2, -0.15) is 0 Å². The second-order valence-corrected chi connectivity index (χ2v) is 4.41. The Kier molecular flexibility index (Phi) is 6.67. The van der Waals surface area contributed by atoms with Crippen LogP contribution in [0.25, 0.3) is 0 Å². The van der Waals surface area contributed by atoms with Crippen LogP contribution in [0.2, 0.25) is 0 Å². The number of carbonyl (C=O) groups is 2. The smallest absolute Gasteiger partial charge is 0.235 e. The summed E-state index contributed by atoms with van der Waals surface area (Å²) in [7, 11) is 0. The first kappa shape index (κ1) is 14.9. The molecule has 0 aromatic rings. The van der Waals surface area contributed by atoms with Gasteiger partial charge >= 0.3 is 0 Å². The third kappa shape index (κ3) is 6.36. The average Bonchev–Trinajstić information content (AvgIpc) is 2.15. The summed E-state index contributed by atoms with van der Waals surface area (Å²) < 4.78 is 0. The molecule has 0 spiro atoms. The molecule has 0 rings (SSSR count). The number of rotatable bonds is 7. The van der Waals surface area contributed by atoms with Gasteiger partial charge in [-0.3, -0.25) is 19.9 Å². The number of nitrogens with zero attached hydrogens (tertiary/aromatic N) is 1. The highest BCUT2D eigenvalue weighted by Gasteiger charge is 2.19. The van der Waals surface area contributed by atoms with E-state index in [1.54, 1.807) is 0 Å². The molecule has 1 atom stereocenters. The van der Waals surface area contributed by atoms with E-state index in [0.29, 0.717) is 5.92 Å². The summed E-state index contributed by atoms with van der Waals surface area (Å²) in [6, 6.07) is -0.0570. The highest BCUT2D eigenvalue weighted by atomic mass is 16.2. The normalized spacial score (nSPS) is 12.9. The van der Waals surface area contributed by atoms with Crippen molar-refractivity contribution >= 4 is 11.8 Å². The van der Waals surface area contributed by atoms with E-state index in [1.807, 2.05) is 25.7 Å². The highest BCUT2D eigenvalue weighted by molar-refractivity contribution is 5.77. The van der Waals surface area contributed by atoms with E-state index in [9.17, 15) is 9.59 Å². The molecular formula is C10H22N4O2. The number of hydrazine groups is 1. The molecule has 0 aromatic heterocycles. The van der Waals surface area contributed by atoms with Crippen molar-refractivity contribution in [1.82, 2.24) is 10.3 Å². The second kappa shape index (κ2) is 7.19. The third-order valence-electron chi connectivity index (χ3n) is 2.22. The Hall–Kier alpha value is -1.14. The SMILES string of the molecule is CC(C)CN(CC(N)=O)C(C)CC(=O)NN. The van der Waals surface area contributed by atoms with Crippen LogP contribution in [0.4, 0.5) is 0 Å². The highest BCUT2D eigenvalue weighted by Crippen LogP contribution is 2.07. The molecule has 1 unspecified atom stereocenters. The molecule has 6 nitrogen and oxygen atoms in total. The van der Waals surface area contributed by atoms with Crippen LogP contribution in [0.5, 0.6) is 0 Å². The van der Waals surface area contributed by atoms with Gasteiger partial charge in [0.2, 0.25) is 11.8 Å². The largest absolute Gasteiger partial charge is 0.369 e. The van der Waals surface area contributed by atoms with Gasteiger partial charge in [-0.25, -0.2) is 5.84 Å². The molecule has 0 aliphatic heterocycles. The van der Waals surface area contributed by atoms with Gasteiger partial charge in [-0.1, -0.05) is 13.8 Å². The van der Waals surface area contributed by atoms with E-state index < -0.39 is 0 Å². The Morgan fingerprint density at radius 2 is 1.88 bits per heavy atom. The van der Waals surface area contributed by atoms with Gasteiger partial charge in [0.1, 0.15) is 0 Å². The van der Waals surface area contributed by atoms with Crippen LogP contribution in [-0.4, -0.2) is 35.8 Å². The van der Waals surface area contributed by atoms with Crippen LogP contribution in [0.15, 0.2) is 0 Å². The first-order valence-electron chi connectivity index (χ1n) is 5.38. The van der Waals surface area contributed by atoms with Crippen molar-refractivity contribution in [2.75, 3.05) is 13.1 Å². The Morgan fingerprint density at radius 1 is 1.31 bits per heavy atom. The quantitative estimate of drug-likeness (QED) is 0.303. The fourth-order valence-corrected chi connectivity index (χ4v) is 1.53. The van der Waals surface area contributed by atoms with Crippen molar-refractivity contribution in [2.24, 2.45) is 17.5 Å². The zero-order valence-corrected chi connectivity index (χ0v) is 10.2. The Morgan fingerprint density at radius 3 is 2.25 bits per heavy atom. The monoisotopic (exact) mass is 230 g/mol. The topological polar surface area (TPSA) is 101 Å². The first-order valence-corrected chi connectivity index (χ1v) is 5.38. The molecule has 94 valence electrons. The molecule has 5 N–H and O–H groups in total. The minimum Gasteiger partial charge on any atom is -0.369 e. The Balaban J connectivity index is 4.36. The lowest BCUT2D eigenvalue weighted by Crippen LogP contribution is -2.44. The van der Waals surface area contributed by atoms with Crippen molar-refractivity contribution in [1.29, 1.82) is 0 Å². The molecule has 2 amide bonds. The molecule has 0 aliphatic rings. The van der Waals surface area contributed by atoms with Crippen molar-refractivity contribution in [3.63, 3.8) is 0 Å². The van der Waals surface area contributed by atoms with Crippen molar-refractivity contribution < 1.29 is 9.59 Å². The van der Waals surface area contributed by atoms with E-state index in [4.69, 9.17) is 11.6 Å². The second-order valence-electron chi connectivity index (χ2n) is 4.41. The van der Waals surface area contributed by atoms with Crippen molar-refractivity contribution in [3.8, 4) is 0 Å². The molecule has 0 fully saturated rings. The third-order valence-corrected chi connectivity index (χ3v) is 2.22. The predicted octanol–water partition coefficient (Wildman–Crippen LogP) is -0.802. The standard InChI is InChI=1S/C10H22N4O2/c1-7(2)5-14(6-9(11)15)8(3)4-10(16)13-12/h7-8H,4-6,12H2,1-3H3,(H2,11,15)(H,13,16). The van der Waals surface area contributed by atoms with Crippen LogP contribution < -0.4 is 17.0 Å².